The highest BCUT2D eigenvalue weighted by Gasteiger charge is 2.39. The molecule has 0 unspecified atom stereocenters. The number of esters is 1. The van der Waals surface area contributed by atoms with Crippen molar-refractivity contribution < 1.29 is 9.53 Å². The average molecular weight is 222 g/mol. The van der Waals surface area contributed by atoms with Crippen molar-refractivity contribution in [3.63, 3.8) is 0 Å². The van der Waals surface area contributed by atoms with Crippen molar-refractivity contribution in [1.82, 2.24) is 0 Å². The number of carbonyl (C=O) groups excluding carboxylic acids is 1. The normalized spacial score (nSPS) is 32.1. The summed E-state index contributed by atoms with van der Waals surface area (Å²) in [4.78, 5) is 11.6. The smallest absolute Gasteiger partial charge is 0.312 e. The molecule has 2 heteroatoms. The SMILES string of the molecule is C/C(=C\C1CCCC1)C[C@@]1(C)CCOC1=O. The molecule has 0 bridgehead atoms. The maximum absolute atomic E-state index is 11.6. The zero-order valence-electron chi connectivity index (χ0n) is 10.4. The number of rotatable bonds is 3. The maximum atomic E-state index is 11.6. The molecule has 16 heavy (non-hydrogen) atoms. The van der Waals surface area contributed by atoms with E-state index in [1.807, 2.05) is 6.92 Å². The Balaban J connectivity index is 1.95. The summed E-state index contributed by atoms with van der Waals surface area (Å²) < 4.78 is 5.07. The second kappa shape index (κ2) is 4.60. The summed E-state index contributed by atoms with van der Waals surface area (Å²) >= 11 is 0. The van der Waals surface area contributed by atoms with Crippen LogP contribution < -0.4 is 0 Å². The van der Waals surface area contributed by atoms with E-state index in [0.717, 1.165) is 18.8 Å². The molecule has 0 aromatic carbocycles. The fraction of sp³-hybridized carbons (Fsp3) is 0.786. The molecule has 1 saturated heterocycles. The third kappa shape index (κ3) is 2.47. The Morgan fingerprint density at radius 2 is 2.19 bits per heavy atom. The molecule has 1 atom stereocenters. The van der Waals surface area contributed by atoms with Gasteiger partial charge >= 0.3 is 5.97 Å². The molecule has 1 aliphatic heterocycles. The van der Waals surface area contributed by atoms with E-state index in [2.05, 4.69) is 13.0 Å². The molecular weight excluding hydrogens is 200 g/mol. The second-order valence-electron chi connectivity index (χ2n) is 5.68. The van der Waals surface area contributed by atoms with Crippen molar-refractivity contribution >= 4 is 5.97 Å². The standard InChI is InChI=1S/C14H22O2/c1-11(9-12-5-3-4-6-12)10-14(2)7-8-16-13(14)15/h9,12H,3-8,10H2,1-2H3/b11-9+/t14-/m1/s1. The minimum absolute atomic E-state index is 0.00771. The van der Waals surface area contributed by atoms with Gasteiger partial charge in [0.15, 0.2) is 0 Å². The zero-order chi connectivity index (χ0) is 11.6. The highest BCUT2D eigenvalue weighted by molar-refractivity contribution is 5.78. The van der Waals surface area contributed by atoms with Gasteiger partial charge in [-0.05, 0) is 45.4 Å². The van der Waals surface area contributed by atoms with Gasteiger partial charge in [0, 0.05) is 0 Å². The molecule has 90 valence electrons. The molecule has 2 fully saturated rings. The number of allylic oxidation sites excluding steroid dienone is 2. The quantitative estimate of drug-likeness (QED) is 0.540. The van der Waals surface area contributed by atoms with Crippen molar-refractivity contribution in [2.75, 3.05) is 6.61 Å². The van der Waals surface area contributed by atoms with E-state index in [9.17, 15) is 4.79 Å². The van der Waals surface area contributed by atoms with E-state index in [0.29, 0.717) is 6.61 Å². The predicted octanol–water partition coefficient (Wildman–Crippen LogP) is 3.47. The lowest BCUT2D eigenvalue weighted by molar-refractivity contribution is -0.145. The molecule has 0 spiro atoms. The van der Waals surface area contributed by atoms with Crippen LogP contribution >= 0.6 is 0 Å². The monoisotopic (exact) mass is 222 g/mol. The largest absolute Gasteiger partial charge is 0.465 e. The molecule has 1 heterocycles. The van der Waals surface area contributed by atoms with Gasteiger partial charge in [0.2, 0.25) is 0 Å². The summed E-state index contributed by atoms with van der Waals surface area (Å²) in [6, 6.07) is 0. The highest BCUT2D eigenvalue weighted by atomic mass is 16.5. The minimum atomic E-state index is -0.251. The van der Waals surface area contributed by atoms with Crippen LogP contribution in [-0.4, -0.2) is 12.6 Å². The summed E-state index contributed by atoms with van der Waals surface area (Å²) in [7, 11) is 0. The molecule has 0 N–H and O–H groups in total. The average Bonchev–Trinajstić information content (AvgIpc) is 2.79. The van der Waals surface area contributed by atoms with Gasteiger partial charge in [-0.15, -0.1) is 0 Å². The van der Waals surface area contributed by atoms with E-state index in [-0.39, 0.29) is 11.4 Å². The lowest BCUT2D eigenvalue weighted by Gasteiger charge is -2.19. The molecule has 0 aromatic heterocycles. The first kappa shape index (κ1) is 11.7. The fourth-order valence-electron chi connectivity index (χ4n) is 3.01. The summed E-state index contributed by atoms with van der Waals surface area (Å²) in [5.41, 5.74) is 1.12. The van der Waals surface area contributed by atoms with Crippen LogP contribution in [0.5, 0.6) is 0 Å². The Morgan fingerprint density at radius 3 is 2.75 bits per heavy atom. The van der Waals surface area contributed by atoms with E-state index in [4.69, 9.17) is 4.74 Å². The first-order chi connectivity index (χ1) is 7.60. The molecule has 0 aromatic rings. The molecule has 1 aliphatic carbocycles. The fourth-order valence-corrected chi connectivity index (χ4v) is 3.01. The Bertz CT molecular complexity index is 300. The van der Waals surface area contributed by atoms with Crippen molar-refractivity contribution in [2.24, 2.45) is 11.3 Å². The van der Waals surface area contributed by atoms with Crippen molar-refractivity contribution in [1.29, 1.82) is 0 Å². The summed E-state index contributed by atoms with van der Waals surface area (Å²) in [5, 5.41) is 0. The number of hydrogen-bond acceptors (Lipinski definition) is 2. The third-order valence-electron chi connectivity index (χ3n) is 3.97. The zero-order valence-corrected chi connectivity index (χ0v) is 10.4. The van der Waals surface area contributed by atoms with Crippen LogP contribution in [0.4, 0.5) is 0 Å². The molecular formula is C14H22O2. The van der Waals surface area contributed by atoms with Crippen molar-refractivity contribution in [3.8, 4) is 0 Å². The van der Waals surface area contributed by atoms with Crippen LogP contribution in [0, 0.1) is 11.3 Å². The summed E-state index contributed by atoms with van der Waals surface area (Å²) in [5.74, 6) is 0.757. The van der Waals surface area contributed by atoms with Gasteiger partial charge in [-0.25, -0.2) is 0 Å². The molecule has 2 rings (SSSR count). The molecule has 1 saturated carbocycles. The Kier molecular flexibility index (Phi) is 3.36. The number of cyclic esters (lactones) is 1. The van der Waals surface area contributed by atoms with Crippen molar-refractivity contribution in [2.45, 2.75) is 52.4 Å². The lowest BCUT2D eigenvalue weighted by atomic mass is 9.82. The first-order valence-corrected chi connectivity index (χ1v) is 6.45. The molecule has 2 nitrogen and oxygen atoms in total. The topological polar surface area (TPSA) is 26.3 Å². The summed E-state index contributed by atoms with van der Waals surface area (Å²) in [6.07, 6.45) is 9.55. The third-order valence-corrected chi connectivity index (χ3v) is 3.97. The first-order valence-electron chi connectivity index (χ1n) is 6.45. The second-order valence-corrected chi connectivity index (χ2v) is 5.68. The van der Waals surface area contributed by atoms with E-state index in [1.54, 1.807) is 0 Å². The summed E-state index contributed by atoms with van der Waals surface area (Å²) in [6.45, 7) is 4.80. The number of carbonyl (C=O) groups is 1. The van der Waals surface area contributed by atoms with Gasteiger partial charge in [0.25, 0.3) is 0 Å². The van der Waals surface area contributed by atoms with Gasteiger partial charge in [-0.3, -0.25) is 4.79 Å². The molecule has 0 radical (unpaired) electrons. The Labute approximate surface area is 98.1 Å². The minimum Gasteiger partial charge on any atom is -0.465 e. The van der Waals surface area contributed by atoms with E-state index in [1.165, 1.54) is 31.3 Å². The predicted molar refractivity (Wildman–Crippen MR) is 64.0 cm³/mol. The van der Waals surface area contributed by atoms with Gasteiger partial charge in [-0.1, -0.05) is 24.5 Å². The number of hydrogen-bond donors (Lipinski definition) is 0. The van der Waals surface area contributed by atoms with Crippen LogP contribution in [0.2, 0.25) is 0 Å². The Morgan fingerprint density at radius 1 is 1.50 bits per heavy atom. The van der Waals surface area contributed by atoms with Crippen LogP contribution in [0.1, 0.15) is 52.4 Å². The van der Waals surface area contributed by atoms with Gasteiger partial charge < -0.3 is 4.74 Å². The van der Waals surface area contributed by atoms with Gasteiger partial charge in [0.05, 0.1) is 12.0 Å². The molecule has 0 amide bonds. The van der Waals surface area contributed by atoms with Gasteiger partial charge in [0.1, 0.15) is 0 Å². The highest BCUT2D eigenvalue weighted by Crippen LogP contribution is 2.37. The van der Waals surface area contributed by atoms with Crippen LogP contribution in [0.15, 0.2) is 11.6 Å². The van der Waals surface area contributed by atoms with E-state index >= 15 is 0 Å². The molecule has 2 aliphatic rings. The van der Waals surface area contributed by atoms with Crippen LogP contribution in [0.25, 0.3) is 0 Å². The van der Waals surface area contributed by atoms with Crippen LogP contribution in [0.3, 0.4) is 0 Å². The van der Waals surface area contributed by atoms with E-state index < -0.39 is 0 Å². The lowest BCUT2D eigenvalue weighted by Crippen LogP contribution is -2.22. The number of ether oxygens (including phenoxy) is 1. The van der Waals surface area contributed by atoms with Crippen LogP contribution in [-0.2, 0) is 9.53 Å². The maximum Gasteiger partial charge on any atom is 0.312 e. The Hall–Kier alpha value is -0.790. The van der Waals surface area contributed by atoms with Crippen molar-refractivity contribution in [3.05, 3.63) is 11.6 Å². The van der Waals surface area contributed by atoms with Gasteiger partial charge in [-0.2, -0.15) is 0 Å².